The van der Waals surface area contributed by atoms with Crippen LogP contribution in [-0.2, 0) is 23.8 Å². The molecule has 1 atom stereocenters. The highest BCUT2D eigenvalue weighted by Gasteiger charge is 2.45. The van der Waals surface area contributed by atoms with Crippen LogP contribution in [-0.4, -0.2) is 25.7 Å². The Morgan fingerprint density at radius 3 is 1.73 bits per heavy atom. The predicted molar refractivity (Wildman–Crippen MR) is 171 cm³/mol. The van der Waals surface area contributed by atoms with E-state index < -0.39 is 22.9 Å². The van der Waals surface area contributed by atoms with Gasteiger partial charge >= 0.3 is 11.7 Å². The molecule has 0 aliphatic heterocycles. The highest BCUT2D eigenvalue weighted by Crippen LogP contribution is 2.39. The number of rotatable bonds is 9. The van der Waals surface area contributed by atoms with Gasteiger partial charge in [0.2, 0.25) is 0 Å². The molecule has 7 heteroatoms. The van der Waals surface area contributed by atoms with Crippen molar-refractivity contribution in [3.63, 3.8) is 0 Å². The number of benzene rings is 5. The van der Waals surface area contributed by atoms with Gasteiger partial charge < -0.3 is 5.11 Å². The minimum absolute atomic E-state index is 0.135. The molecule has 2 N–H and O–H groups in total. The van der Waals surface area contributed by atoms with Crippen molar-refractivity contribution in [3.05, 3.63) is 172 Å². The summed E-state index contributed by atoms with van der Waals surface area (Å²) < 4.78 is 17.6. The monoisotopic (exact) mass is 585 g/mol. The molecule has 0 spiro atoms. The minimum atomic E-state index is -1.44. The zero-order valence-electron chi connectivity index (χ0n) is 24.4. The number of imidazole rings is 1. The van der Waals surface area contributed by atoms with Crippen LogP contribution in [0.2, 0.25) is 0 Å². The number of fused-ring (bicyclic) bond motifs is 1. The number of aliphatic carboxylic acids is 1. The van der Waals surface area contributed by atoms with Crippen molar-refractivity contribution in [2.75, 3.05) is 0 Å². The first-order valence-electron chi connectivity index (χ1n) is 14.4. The van der Waals surface area contributed by atoms with E-state index in [4.69, 9.17) is 0 Å². The molecule has 6 nitrogen and oxygen atoms in total. The molecule has 0 bridgehead atoms. The number of hydrogen-bond donors (Lipinski definition) is 2. The summed E-state index contributed by atoms with van der Waals surface area (Å²) >= 11 is 0. The lowest BCUT2D eigenvalue weighted by atomic mass is 9.74. The molecular weight excluding hydrogens is 553 g/mol. The van der Waals surface area contributed by atoms with Crippen LogP contribution in [0.1, 0.15) is 29.2 Å². The maximum atomic E-state index is 14.8. The van der Waals surface area contributed by atoms with Gasteiger partial charge in [-0.05, 0) is 53.4 Å². The fraction of sp³-hybridized carbons (Fsp3) is 0.135. The second kappa shape index (κ2) is 11.4. The molecule has 220 valence electrons. The van der Waals surface area contributed by atoms with Gasteiger partial charge in [0.1, 0.15) is 16.9 Å². The molecule has 1 aromatic heterocycles. The summed E-state index contributed by atoms with van der Waals surface area (Å²) in [6.45, 7) is 1.69. The molecule has 0 radical (unpaired) electrons. The SMILES string of the molecule is Cn1c(=O)n(-c2ccc(CC(C)(NC(c3ccccc3)(c3ccccc3)c3ccccc3)C(=O)O)cc2)c2c(F)cccc21. The van der Waals surface area contributed by atoms with Gasteiger partial charge in [0.15, 0.2) is 0 Å². The predicted octanol–water partition coefficient (Wildman–Crippen LogP) is 6.44. The smallest absolute Gasteiger partial charge is 0.333 e. The van der Waals surface area contributed by atoms with Gasteiger partial charge in [-0.15, -0.1) is 0 Å². The summed E-state index contributed by atoms with van der Waals surface area (Å²) in [6, 6.07) is 41.2. The number of nitrogens with one attached hydrogen (secondary N) is 1. The summed E-state index contributed by atoms with van der Waals surface area (Å²) in [6.07, 6.45) is 0.135. The third kappa shape index (κ3) is 4.91. The quantitative estimate of drug-likeness (QED) is 0.192. The number of hydrogen-bond acceptors (Lipinski definition) is 3. The lowest BCUT2D eigenvalue weighted by Gasteiger charge is -2.43. The fourth-order valence-electron chi connectivity index (χ4n) is 6.12. The van der Waals surface area contributed by atoms with Crippen molar-refractivity contribution >= 4 is 17.0 Å². The van der Waals surface area contributed by atoms with Crippen LogP contribution in [0, 0.1) is 5.82 Å². The first-order valence-corrected chi connectivity index (χ1v) is 14.4. The standard InChI is InChI=1S/C37H32FN3O3/c1-36(34(42)43,25-26-21-23-30(24-22-26)41-33-31(38)19-12-20-32(33)40(2)35(41)44)39-37(27-13-6-3-7-14-27,28-15-8-4-9-16-28)29-17-10-5-11-18-29/h3-24,39H,25H2,1-2H3,(H,42,43). The van der Waals surface area contributed by atoms with Crippen molar-refractivity contribution in [1.82, 2.24) is 14.5 Å². The number of carboxylic acid groups (broad SMARTS) is 1. The molecule has 1 heterocycles. The van der Waals surface area contributed by atoms with Gasteiger partial charge in [0.05, 0.1) is 16.7 Å². The highest BCUT2D eigenvalue weighted by atomic mass is 19.1. The maximum Gasteiger partial charge on any atom is 0.333 e. The Hall–Kier alpha value is -5.27. The molecule has 0 amide bonds. The van der Waals surface area contributed by atoms with Crippen LogP contribution in [0.4, 0.5) is 4.39 Å². The van der Waals surface area contributed by atoms with Gasteiger partial charge in [-0.3, -0.25) is 19.2 Å². The van der Waals surface area contributed by atoms with E-state index in [1.165, 1.54) is 15.2 Å². The van der Waals surface area contributed by atoms with Crippen LogP contribution >= 0.6 is 0 Å². The summed E-state index contributed by atoms with van der Waals surface area (Å²) in [5.74, 6) is -1.51. The molecule has 0 fully saturated rings. The van der Waals surface area contributed by atoms with E-state index in [0.717, 1.165) is 22.3 Å². The lowest BCUT2D eigenvalue weighted by molar-refractivity contribution is -0.144. The molecule has 6 rings (SSSR count). The molecule has 1 unspecified atom stereocenters. The Bertz CT molecular complexity index is 1890. The van der Waals surface area contributed by atoms with E-state index in [1.807, 2.05) is 91.0 Å². The van der Waals surface area contributed by atoms with Gasteiger partial charge in [-0.25, -0.2) is 9.18 Å². The van der Waals surface area contributed by atoms with E-state index in [2.05, 4.69) is 5.32 Å². The number of para-hydroxylation sites is 1. The Morgan fingerprint density at radius 2 is 1.25 bits per heavy atom. The molecule has 5 aromatic carbocycles. The maximum absolute atomic E-state index is 14.8. The van der Waals surface area contributed by atoms with Crippen molar-refractivity contribution in [1.29, 1.82) is 0 Å². The van der Waals surface area contributed by atoms with Gasteiger partial charge in [0, 0.05) is 13.5 Å². The zero-order valence-corrected chi connectivity index (χ0v) is 24.4. The number of halogens is 1. The summed E-state index contributed by atoms with van der Waals surface area (Å²) in [5.41, 5.74) is 1.82. The summed E-state index contributed by atoms with van der Waals surface area (Å²) in [5, 5.41) is 14.4. The molecule has 0 aliphatic rings. The molecule has 6 aromatic rings. The molecule has 44 heavy (non-hydrogen) atoms. The van der Waals surface area contributed by atoms with Crippen molar-refractivity contribution in [2.24, 2.45) is 7.05 Å². The second-order valence-electron chi connectivity index (χ2n) is 11.2. The molecule has 0 aliphatic carbocycles. The highest BCUT2D eigenvalue weighted by molar-refractivity contribution is 5.80. The molecule has 0 saturated heterocycles. The topological polar surface area (TPSA) is 76.3 Å². The average Bonchev–Trinajstić information content (AvgIpc) is 3.32. The van der Waals surface area contributed by atoms with Crippen molar-refractivity contribution < 1.29 is 14.3 Å². The zero-order chi connectivity index (χ0) is 30.9. The number of nitrogens with zero attached hydrogens (tertiary/aromatic N) is 2. The number of aryl methyl sites for hydroxylation is 1. The third-order valence-corrected chi connectivity index (χ3v) is 8.34. The Balaban J connectivity index is 1.44. The van der Waals surface area contributed by atoms with Crippen LogP contribution in [0.5, 0.6) is 0 Å². The summed E-state index contributed by atoms with van der Waals surface area (Å²) in [7, 11) is 1.61. The number of aromatic nitrogens is 2. The van der Waals surface area contributed by atoms with E-state index >= 15 is 0 Å². The average molecular weight is 586 g/mol. The molecular formula is C37H32FN3O3. The Labute approximate surface area is 254 Å². The van der Waals surface area contributed by atoms with Crippen LogP contribution < -0.4 is 11.0 Å². The van der Waals surface area contributed by atoms with Gasteiger partial charge in [-0.1, -0.05) is 109 Å². The Morgan fingerprint density at radius 1 is 0.750 bits per heavy atom. The van der Waals surface area contributed by atoms with E-state index in [-0.39, 0.29) is 17.6 Å². The lowest BCUT2D eigenvalue weighted by Crippen LogP contribution is -2.61. The minimum Gasteiger partial charge on any atom is -0.480 e. The largest absolute Gasteiger partial charge is 0.480 e. The van der Waals surface area contributed by atoms with Crippen LogP contribution in [0.15, 0.2) is 138 Å². The van der Waals surface area contributed by atoms with Crippen molar-refractivity contribution in [3.8, 4) is 5.69 Å². The summed E-state index contributed by atoms with van der Waals surface area (Å²) in [4.78, 5) is 26.2. The van der Waals surface area contributed by atoms with E-state index in [1.54, 1.807) is 50.4 Å². The van der Waals surface area contributed by atoms with Crippen LogP contribution in [0.3, 0.4) is 0 Å². The molecule has 0 saturated carbocycles. The van der Waals surface area contributed by atoms with Gasteiger partial charge in [0.25, 0.3) is 0 Å². The van der Waals surface area contributed by atoms with Crippen molar-refractivity contribution in [2.45, 2.75) is 24.4 Å². The number of carboxylic acids is 1. The first kappa shape index (κ1) is 28.8. The number of carbonyl (C=O) groups is 1. The van der Waals surface area contributed by atoms with Crippen LogP contribution in [0.25, 0.3) is 16.7 Å². The Kier molecular flexibility index (Phi) is 7.49. The first-order chi connectivity index (χ1) is 21.2. The van der Waals surface area contributed by atoms with E-state index in [0.29, 0.717) is 11.2 Å². The fourth-order valence-corrected chi connectivity index (χ4v) is 6.12. The third-order valence-electron chi connectivity index (χ3n) is 8.34. The van der Waals surface area contributed by atoms with E-state index in [9.17, 15) is 19.1 Å². The normalized spacial score (nSPS) is 13.1. The second-order valence-corrected chi connectivity index (χ2v) is 11.2. The van der Waals surface area contributed by atoms with Gasteiger partial charge in [-0.2, -0.15) is 0 Å².